The number of H-pyrrole nitrogens is 1. The molecule has 0 unspecified atom stereocenters. The van der Waals surface area contributed by atoms with E-state index in [9.17, 15) is 4.79 Å². The highest BCUT2D eigenvalue weighted by Gasteiger charge is 2.21. The topological polar surface area (TPSA) is 121 Å². The Labute approximate surface area is 125 Å². The highest BCUT2D eigenvalue weighted by Crippen LogP contribution is 2.16. The van der Waals surface area contributed by atoms with Crippen molar-refractivity contribution in [1.82, 2.24) is 45.0 Å². The van der Waals surface area contributed by atoms with Crippen molar-refractivity contribution in [2.24, 2.45) is 7.05 Å². The lowest BCUT2D eigenvalue weighted by atomic mass is 10.3. The minimum Gasteiger partial charge on any atom is -0.470 e. The van der Waals surface area contributed by atoms with Crippen LogP contribution in [-0.2, 0) is 13.7 Å². The fourth-order valence-corrected chi connectivity index (χ4v) is 1.90. The molecule has 3 aromatic heterocycles. The van der Waals surface area contributed by atoms with E-state index in [1.54, 1.807) is 10.7 Å². The van der Waals surface area contributed by atoms with E-state index in [4.69, 9.17) is 6.15 Å². The van der Waals surface area contributed by atoms with E-state index in [1.807, 2.05) is 13.8 Å². The summed E-state index contributed by atoms with van der Waals surface area (Å²) in [4.78, 5) is 12.0. The number of rotatable bonds is 5. The fourth-order valence-electron chi connectivity index (χ4n) is 1.90. The maximum atomic E-state index is 12.0. The van der Waals surface area contributed by atoms with Crippen LogP contribution in [0.25, 0.3) is 5.82 Å². The summed E-state index contributed by atoms with van der Waals surface area (Å²) in [7, 11) is 1.50. The zero-order valence-electron chi connectivity index (χ0n) is 13.3. The predicted molar refractivity (Wildman–Crippen MR) is 73.5 cm³/mol. The molecule has 22 heavy (non-hydrogen) atoms. The molecule has 0 aliphatic rings. The van der Waals surface area contributed by atoms with Crippen molar-refractivity contribution in [3.8, 4) is 11.7 Å². The van der Waals surface area contributed by atoms with Crippen molar-refractivity contribution in [3.63, 3.8) is 0 Å². The molecule has 0 aliphatic carbocycles. The van der Waals surface area contributed by atoms with Crippen LogP contribution < -0.4 is 10.4 Å². The van der Waals surface area contributed by atoms with E-state index in [0.717, 1.165) is 14.5 Å². The van der Waals surface area contributed by atoms with E-state index in [0.29, 0.717) is 5.69 Å². The molecule has 116 valence electrons. The summed E-state index contributed by atoms with van der Waals surface area (Å²) in [5.41, 5.74) is 0.125. The van der Waals surface area contributed by atoms with Gasteiger partial charge in [0.1, 0.15) is 12.3 Å². The Hall–Kier alpha value is -2.98. The second-order valence-electron chi connectivity index (χ2n) is 4.85. The quantitative estimate of drug-likeness (QED) is 0.670. The lowest BCUT2D eigenvalue weighted by molar-refractivity contribution is 0.276. The molecule has 0 aromatic carbocycles. The Morgan fingerprint density at radius 2 is 2.23 bits per heavy atom. The van der Waals surface area contributed by atoms with Gasteiger partial charge in [0, 0.05) is 25.4 Å². The Morgan fingerprint density at radius 1 is 1.41 bits per heavy atom. The maximum absolute atomic E-state index is 12.0. The van der Waals surface area contributed by atoms with Crippen LogP contribution in [0.1, 0.15) is 25.6 Å². The fraction of sp³-hybridized carbons (Fsp3) is 0.455. The van der Waals surface area contributed by atoms with Crippen LogP contribution in [0.2, 0.25) is 1.41 Å². The number of ether oxygens (including phenoxy) is 1. The molecule has 0 aliphatic heterocycles. The highest BCUT2D eigenvalue weighted by atomic mass is 16.5. The van der Waals surface area contributed by atoms with Crippen LogP contribution in [0.4, 0.5) is 0 Å². The molecule has 3 rings (SSSR count). The van der Waals surface area contributed by atoms with Gasteiger partial charge in [-0.15, -0.1) is 14.9 Å². The van der Waals surface area contributed by atoms with Crippen molar-refractivity contribution in [3.05, 3.63) is 28.4 Å². The van der Waals surface area contributed by atoms with Crippen LogP contribution in [0.3, 0.4) is 0 Å². The minimum atomic E-state index is -0.433. The van der Waals surface area contributed by atoms with Gasteiger partial charge in [0.05, 0.1) is 0 Å². The van der Waals surface area contributed by atoms with E-state index < -0.39 is 5.69 Å². The third-order valence-electron chi connectivity index (χ3n) is 2.98. The normalized spacial score (nSPS) is 11.9. The molecular formula is C11H15N9O2. The maximum Gasteiger partial charge on any atom is 0.369 e. The standard InChI is InChI=1S/C11H15N9O2/c1-7(2)19-8(6-22-9-4-5-12-13-9)10(14-15-19)20-11(21)18(3)16-17-20/h4-5,7H,6H2,1-3H3,(H,12,13)/i/hT. The van der Waals surface area contributed by atoms with Gasteiger partial charge in [-0.3, -0.25) is 5.09 Å². The van der Waals surface area contributed by atoms with Crippen molar-refractivity contribution in [2.75, 3.05) is 0 Å². The molecule has 3 heterocycles. The molecule has 0 atom stereocenters. The molecule has 0 bridgehead atoms. The molecular weight excluding hydrogens is 290 g/mol. The zero-order valence-corrected chi connectivity index (χ0v) is 12.3. The second kappa shape index (κ2) is 5.42. The first kappa shape index (κ1) is 12.7. The summed E-state index contributed by atoms with van der Waals surface area (Å²) < 4.78 is 16.7. The Balaban J connectivity index is 1.97. The number of nitrogens with one attached hydrogen (secondary N) is 1. The zero-order chi connectivity index (χ0) is 16.6. The van der Waals surface area contributed by atoms with E-state index in [1.165, 1.54) is 13.2 Å². The number of aromatic nitrogens is 9. The lowest BCUT2D eigenvalue weighted by Gasteiger charge is -2.10. The van der Waals surface area contributed by atoms with Gasteiger partial charge < -0.3 is 4.74 Å². The first-order valence-electron chi connectivity index (χ1n) is 7.03. The van der Waals surface area contributed by atoms with Crippen LogP contribution in [0.15, 0.2) is 17.1 Å². The first-order chi connectivity index (χ1) is 11.0. The molecule has 11 heteroatoms. The number of tetrazole rings is 1. The lowest BCUT2D eigenvalue weighted by Crippen LogP contribution is -2.23. The predicted octanol–water partition coefficient (Wildman–Crippen LogP) is -0.559. The number of nitrogens with zero attached hydrogens (tertiary/aromatic N) is 8. The Kier molecular flexibility index (Phi) is 3.14. The van der Waals surface area contributed by atoms with E-state index >= 15 is 0 Å². The molecule has 0 fully saturated rings. The molecule has 0 saturated heterocycles. The summed E-state index contributed by atoms with van der Waals surface area (Å²) in [6.07, 6.45) is 1.45. The largest absolute Gasteiger partial charge is 0.470 e. The van der Waals surface area contributed by atoms with Gasteiger partial charge in [0.25, 0.3) is 0 Å². The van der Waals surface area contributed by atoms with E-state index in [2.05, 4.69) is 25.8 Å². The molecule has 0 radical (unpaired) electrons. The molecule has 3 aromatic rings. The third kappa shape index (κ3) is 2.36. The summed E-state index contributed by atoms with van der Waals surface area (Å²) in [6.45, 7) is 3.93. The molecule has 0 spiro atoms. The van der Waals surface area contributed by atoms with Crippen LogP contribution in [0.5, 0.6) is 5.88 Å². The molecule has 0 saturated carbocycles. The Morgan fingerprint density at radius 3 is 2.82 bits per heavy atom. The summed E-state index contributed by atoms with van der Waals surface area (Å²) in [5, 5.41) is 20.2. The Bertz CT molecular complexity index is 874. The SMILES string of the molecule is [3H]n1ccc(OCc2c(-n3nnn(C)c3=O)nnn2C(C)C)n1. The van der Waals surface area contributed by atoms with Gasteiger partial charge in [0.15, 0.2) is 1.41 Å². The first-order valence-corrected chi connectivity index (χ1v) is 6.58. The number of aryl methyl sites for hydroxylation is 1. The number of hydrogen-bond acceptors (Lipinski definition) is 7. The molecule has 1 N–H and O–H groups in total. The number of aromatic amines is 1. The van der Waals surface area contributed by atoms with Crippen molar-refractivity contribution in [1.29, 1.82) is 0 Å². The van der Waals surface area contributed by atoms with Gasteiger partial charge in [-0.25, -0.2) is 9.48 Å². The van der Waals surface area contributed by atoms with Crippen LogP contribution in [0, 0.1) is 0 Å². The van der Waals surface area contributed by atoms with Gasteiger partial charge in [0.2, 0.25) is 11.7 Å². The smallest absolute Gasteiger partial charge is 0.369 e. The summed E-state index contributed by atoms with van der Waals surface area (Å²) in [5.74, 6) is 0.538. The molecule has 0 amide bonds. The van der Waals surface area contributed by atoms with Crippen LogP contribution >= 0.6 is 0 Å². The van der Waals surface area contributed by atoms with Gasteiger partial charge in [-0.1, -0.05) is 5.21 Å². The van der Waals surface area contributed by atoms with E-state index in [-0.39, 0.29) is 24.3 Å². The number of hydrogen-bond donors (Lipinski definition) is 1. The van der Waals surface area contributed by atoms with Gasteiger partial charge in [-0.2, -0.15) is 4.68 Å². The van der Waals surface area contributed by atoms with Crippen molar-refractivity contribution >= 4 is 0 Å². The average molecular weight is 307 g/mol. The molecule has 11 nitrogen and oxygen atoms in total. The second-order valence-corrected chi connectivity index (χ2v) is 4.85. The summed E-state index contributed by atoms with van der Waals surface area (Å²) in [6, 6.07) is 1.57. The summed E-state index contributed by atoms with van der Waals surface area (Å²) >= 11 is 0. The van der Waals surface area contributed by atoms with Crippen LogP contribution in [-0.4, -0.2) is 45.0 Å². The van der Waals surface area contributed by atoms with Crippen molar-refractivity contribution < 1.29 is 6.15 Å². The van der Waals surface area contributed by atoms with Gasteiger partial charge >= 0.3 is 5.69 Å². The minimum absolute atomic E-state index is 0.0101. The van der Waals surface area contributed by atoms with Gasteiger partial charge in [-0.05, 0) is 24.3 Å². The average Bonchev–Trinajstić information content (AvgIpc) is 3.18. The highest BCUT2D eigenvalue weighted by molar-refractivity contribution is 5.26. The van der Waals surface area contributed by atoms with Crippen molar-refractivity contribution in [2.45, 2.75) is 26.5 Å². The third-order valence-corrected chi connectivity index (χ3v) is 2.98. The monoisotopic (exact) mass is 307 g/mol.